The summed E-state index contributed by atoms with van der Waals surface area (Å²) in [4.78, 5) is 0. The van der Waals surface area contributed by atoms with Crippen LogP contribution < -0.4 is 0 Å². The Labute approximate surface area is 157 Å². The van der Waals surface area contributed by atoms with Crippen LogP contribution in [0, 0.1) is 0 Å². The van der Waals surface area contributed by atoms with Gasteiger partial charge in [-0.3, -0.25) is 0 Å². The summed E-state index contributed by atoms with van der Waals surface area (Å²) in [5.41, 5.74) is 5.23. The summed E-state index contributed by atoms with van der Waals surface area (Å²) < 4.78 is 0. The van der Waals surface area contributed by atoms with Crippen LogP contribution in [-0.2, 0) is 10.8 Å². The van der Waals surface area contributed by atoms with Crippen molar-refractivity contribution < 1.29 is 10.2 Å². The molecule has 0 bridgehead atoms. The van der Waals surface area contributed by atoms with Crippen molar-refractivity contribution in [3.05, 3.63) is 76.9 Å². The normalized spacial score (nSPS) is 22.6. The molecule has 2 aromatic rings. The summed E-state index contributed by atoms with van der Waals surface area (Å²) in [6.45, 7) is 10.7. The van der Waals surface area contributed by atoms with Crippen molar-refractivity contribution in [1.29, 1.82) is 0 Å². The van der Waals surface area contributed by atoms with Gasteiger partial charge in [0, 0.05) is 5.41 Å². The molecule has 0 aliphatic heterocycles. The van der Waals surface area contributed by atoms with E-state index in [-0.39, 0.29) is 16.9 Å². The van der Waals surface area contributed by atoms with Gasteiger partial charge in [0.25, 0.3) is 0 Å². The number of hydrogen-bond donors (Lipinski definition) is 2. The van der Waals surface area contributed by atoms with Crippen LogP contribution in [0.3, 0.4) is 0 Å². The van der Waals surface area contributed by atoms with Crippen LogP contribution in [0.2, 0.25) is 0 Å². The SMILES string of the molecule is CC(=CC(O)c1ccccc1)c1ccc2c(c1)C(C)(C)C(O)CC2(C)C. The zero-order chi connectivity index (χ0) is 19.1. The summed E-state index contributed by atoms with van der Waals surface area (Å²) in [5, 5.41) is 21.2. The number of benzene rings is 2. The van der Waals surface area contributed by atoms with E-state index in [1.54, 1.807) is 0 Å². The second kappa shape index (κ2) is 6.68. The summed E-state index contributed by atoms with van der Waals surface area (Å²) in [6, 6.07) is 16.2. The predicted molar refractivity (Wildman–Crippen MR) is 108 cm³/mol. The molecule has 0 amide bonds. The Balaban J connectivity index is 2.00. The Hall–Kier alpha value is -1.90. The van der Waals surface area contributed by atoms with Crippen LogP contribution in [0.5, 0.6) is 0 Å². The Morgan fingerprint density at radius 3 is 2.35 bits per heavy atom. The molecule has 0 saturated heterocycles. The van der Waals surface area contributed by atoms with E-state index in [4.69, 9.17) is 0 Å². The molecule has 2 N–H and O–H groups in total. The number of fused-ring (bicyclic) bond motifs is 1. The summed E-state index contributed by atoms with van der Waals surface area (Å²) in [5.74, 6) is 0. The highest BCUT2D eigenvalue weighted by molar-refractivity contribution is 5.66. The largest absolute Gasteiger partial charge is 0.392 e. The highest BCUT2D eigenvalue weighted by Gasteiger charge is 2.43. The highest BCUT2D eigenvalue weighted by Crippen LogP contribution is 2.46. The minimum absolute atomic E-state index is 0.0377. The van der Waals surface area contributed by atoms with Crippen molar-refractivity contribution in [1.82, 2.24) is 0 Å². The van der Waals surface area contributed by atoms with Gasteiger partial charge < -0.3 is 10.2 Å². The monoisotopic (exact) mass is 350 g/mol. The van der Waals surface area contributed by atoms with Crippen molar-refractivity contribution in [3.8, 4) is 0 Å². The van der Waals surface area contributed by atoms with Gasteiger partial charge in [-0.2, -0.15) is 0 Å². The predicted octanol–water partition coefficient (Wildman–Crippen LogP) is 5.14. The fourth-order valence-electron chi connectivity index (χ4n) is 4.02. The van der Waals surface area contributed by atoms with Crippen molar-refractivity contribution in [2.24, 2.45) is 0 Å². The molecular weight excluding hydrogens is 320 g/mol. The number of hydrogen-bond acceptors (Lipinski definition) is 2. The summed E-state index contributed by atoms with van der Waals surface area (Å²) in [6.07, 6.45) is 1.68. The number of aliphatic hydroxyl groups excluding tert-OH is 2. The van der Waals surface area contributed by atoms with E-state index in [1.807, 2.05) is 43.3 Å². The Bertz CT molecular complexity index is 815. The maximum absolute atomic E-state index is 10.7. The molecule has 2 nitrogen and oxygen atoms in total. The second-order valence-corrected chi connectivity index (χ2v) is 8.79. The average molecular weight is 351 g/mol. The zero-order valence-corrected chi connectivity index (χ0v) is 16.5. The van der Waals surface area contributed by atoms with Gasteiger partial charge in [0.05, 0.1) is 12.2 Å². The fourth-order valence-corrected chi connectivity index (χ4v) is 4.02. The van der Waals surface area contributed by atoms with Crippen LogP contribution in [0.1, 0.15) is 69.4 Å². The standard InChI is InChI=1S/C24H30O2/c1-16(13-21(25)17-9-7-6-8-10-17)18-11-12-19-20(14-18)24(4,5)22(26)15-23(19,2)3/h6-14,21-22,25-26H,15H2,1-5H3. The third-order valence-electron chi connectivity index (χ3n) is 5.98. The number of allylic oxidation sites excluding steroid dienone is 1. The molecule has 2 unspecified atom stereocenters. The molecule has 0 radical (unpaired) electrons. The van der Waals surface area contributed by atoms with Crippen LogP contribution in [0.4, 0.5) is 0 Å². The second-order valence-electron chi connectivity index (χ2n) is 8.79. The summed E-state index contributed by atoms with van der Waals surface area (Å²) >= 11 is 0. The number of rotatable bonds is 3. The molecule has 138 valence electrons. The third kappa shape index (κ3) is 3.36. The zero-order valence-electron chi connectivity index (χ0n) is 16.5. The molecular formula is C24H30O2. The van der Waals surface area contributed by atoms with Crippen LogP contribution in [0.15, 0.2) is 54.6 Å². The lowest BCUT2D eigenvalue weighted by Gasteiger charge is -2.45. The van der Waals surface area contributed by atoms with Crippen molar-refractivity contribution in [2.75, 3.05) is 0 Å². The van der Waals surface area contributed by atoms with Gasteiger partial charge in [0.2, 0.25) is 0 Å². The molecule has 0 saturated carbocycles. The van der Waals surface area contributed by atoms with Crippen LogP contribution in [0.25, 0.3) is 5.57 Å². The van der Waals surface area contributed by atoms with E-state index in [2.05, 4.69) is 45.9 Å². The van der Waals surface area contributed by atoms with Crippen molar-refractivity contribution in [2.45, 2.75) is 64.1 Å². The first-order valence-electron chi connectivity index (χ1n) is 9.38. The lowest BCUT2D eigenvalue weighted by atomic mass is 9.61. The molecule has 2 heteroatoms. The molecule has 26 heavy (non-hydrogen) atoms. The molecule has 2 aromatic carbocycles. The lowest BCUT2D eigenvalue weighted by Crippen LogP contribution is -2.45. The van der Waals surface area contributed by atoms with Gasteiger partial charge in [-0.05, 0) is 52.7 Å². The molecule has 1 aliphatic rings. The Morgan fingerprint density at radius 2 is 1.69 bits per heavy atom. The molecule has 0 fully saturated rings. The first-order chi connectivity index (χ1) is 12.1. The van der Waals surface area contributed by atoms with E-state index < -0.39 is 6.10 Å². The Kier molecular flexibility index (Phi) is 4.85. The molecule has 0 aromatic heterocycles. The van der Waals surface area contributed by atoms with Crippen LogP contribution in [-0.4, -0.2) is 16.3 Å². The van der Waals surface area contributed by atoms with E-state index in [9.17, 15) is 10.2 Å². The molecule has 2 atom stereocenters. The Morgan fingerprint density at radius 1 is 1.04 bits per heavy atom. The smallest absolute Gasteiger partial charge is 0.0977 e. The molecule has 0 heterocycles. The molecule has 1 aliphatic carbocycles. The topological polar surface area (TPSA) is 40.5 Å². The highest BCUT2D eigenvalue weighted by atomic mass is 16.3. The maximum atomic E-state index is 10.7. The average Bonchev–Trinajstić information content (AvgIpc) is 2.60. The molecule has 3 rings (SSSR count). The van der Waals surface area contributed by atoms with E-state index in [0.717, 1.165) is 23.1 Å². The fraction of sp³-hybridized carbons (Fsp3) is 0.417. The van der Waals surface area contributed by atoms with Crippen molar-refractivity contribution in [3.63, 3.8) is 0 Å². The van der Waals surface area contributed by atoms with Gasteiger partial charge in [0.1, 0.15) is 0 Å². The van der Waals surface area contributed by atoms with Gasteiger partial charge in [-0.15, -0.1) is 0 Å². The first kappa shape index (κ1) is 18.9. The third-order valence-corrected chi connectivity index (χ3v) is 5.98. The lowest BCUT2D eigenvalue weighted by molar-refractivity contribution is 0.0583. The van der Waals surface area contributed by atoms with E-state index in [0.29, 0.717) is 0 Å². The first-order valence-corrected chi connectivity index (χ1v) is 9.38. The van der Waals surface area contributed by atoms with Crippen molar-refractivity contribution >= 4 is 5.57 Å². The van der Waals surface area contributed by atoms with Crippen LogP contribution >= 0.6 is 0 Å². The van der Waals surface area contributed by atoms with Gasteiger partial charge >= 0.3 is 0 Å². The maximum Gasteiger partial charge on any atom is 0.0977 e. The van der Waals surface area contributed by atoms with Gasteiger partial charge in [-0.1, -0.05) is 76.2 Å². The van der Waals surface area contributed by atoms with Gasteiger partial charge in [-0.25, -0.2) is 0 Å². The van der Waals surface area contributed by atoms with E-state index >= 15 is 0 Å². The van der Waals surface area contributed by atoms with E-state index in [1.165, 1.54) is 11.1 Å². The summed E-state index contributed by atoms with van der Waals surface area (Å²) in [7, 11) is 0. The number of aliphatic hydroxyl groups is 2. The quantitative estimate of drug-likeness (QED) is 0.804. The minimum Gasteiger partial charge on any atom is -0.392 e. The minimum atomic E-state index is -0.623. The molecule has 0 spiro atoms. The van der Waals surface area contributed by atoms with Gasteiger partial charge in [0.15, 0.2) is 0 Å².